The number of carbonyl (C=O) groups is 1. The van der Waals surface area contributed by atoms with Crippen LogP contribution in [0.1, 0.15) is 5.56 Å². The zero-order valence-corrected chi connectivity index (χ0v) is 19.6. The lowest BCUT2D eigenvalue weighted by Gasteiger charge is -2.19. The molecule has 9 heteroatoms. The highest BCUT2D eigenvalue weighted by molar-refractivity contribution is 7.99. The third-order valence-corrected chi connectivity index (χ3v) is 6.44. The van der Waals surface area contributed by atoms with Crippen LogP contribution in [0.3, 0.4) is 0 Å². The van der Waals surface area contributed by atoms with Crippen molar-refractivity contribution in [3.05, 3.63) is 87.7 Å². The molecule has 172 valence electrons. The van der Waals surface area contributed by atoms with E-state index in [0.717, 1.165) is 5.56 Å². The first-order chi connectivity index (χ1) is 16.6. The Bertz CT molecular complexity index is 1430. The molecule has 4 aromatic rings. The number of rotatable bonds is 6. The van der Waals surface area contributed by atoms with Gasteiger partial charge in [0.15, 0.2) is 16.7 Å². The average Bonchev–Trinajstić information content (AvgIpc) is 2.85. The molecule has 0 saturated carbocycles. The molecule has 34 heavy (non-hydrogen) atoms. The van der Waals surface area contributed by atoms with Gasteiger partial charge in [0, 0.05) is 16.8 Å². The van der Waals surface area contributed by atoms with E-state index >= 15 is 0 Å². The van der Waals surface area contributed by atoms with Crippen molar-refractivity contribution < 1.29 is 14.3 Å². The highest BCUT2D eigenvalue weighted by Gasteiger charge is 2.16. The largest absolute Gasteiger partial charge is 0.486 e. The lowest BCUT2D eigenvalue weighted by Crippen LogP contribution is -2.25. The minimum absolute atomic E-state index is 0.0712. The van der Waals surface area contributed by atoms with Crippen LogP contribution < -0.4 is 20.3 Å². The summed E-state index contributed by atoms with van der Waals surface area (Å²) >= 11 is 7.32. The maximum Gasteiger partial charge on any atom is 0.262 e. The van der Waals surface area contributed by atoms with E-state index in [9.17, 15) is 9.59 Å². The second kappa shape index (κ2) is 9.79. The van der Waals surface area contributed by atoms with E-state index in [1.54, 1.807) is 41.0 Å². The van der Waals surface area contributed by atoms with E-state index < -0.39 is 0 Å². The first-order valence-corrected chi connectivity index (χ1v) is 12.0. The minimum Gasteiger partial charge on any atom is -0.486 e. The number of fused-ring (bicyclic) bond motifs is 2. The molecule has 0 saturated heterocycles. The molecular formula is C25H20ClN3O4S. The van der Waals surface area contributed by atoms with Crippen LogP contribution in [0.2, 0.25) is 5.02 Å². The number of amides is 1. The van der Waals surface area contributed by atoms with E-state index in [2.05, 4.69) is 10.3 Å². The second-order valence-electron chi connectivity index (χ2n) is 7.63. The van der Waals surface area contributed by atoms with Gasteiger partial charge in [-0.25, -0.2) is 4.98 Å². The van der Waals surface area contributed by atoms with Gasteiger partial charge in [-0.3, -0.25) is 14.2 Å². The molecule has 1 aliphatic rings. The van der Waals surface area contributed by atoms with Crippen LogP contribution in [0.25, 0.3) is 10.9 Å². The molecule has 1 N–H and O–H groups in total. The molecule has 0 radical (unpaired) electrons. The Hall–Kier alpha value is -3.49. The Balaban J connectivity index is 1.39. The maximum absolute atomic E-state index is 13.3. The van der Waals surface area contributed by atoms with Gasteiger partial charge in [0.25, 0.3) is 5.56 Å². The van der Waals surface area contributed by atoms with Crippen LogP contribution in [0.4, 0.5) is 5.69 Å². The number of hydrogen-bond donors (Lipinski definition) is 1. The number of ether oxygens (including phenoxy) is 2. The number of carbonyl (C=O) groups excluding carboxylic acids is 1. The smallest absolute Gasteiger partial charge is 0.262 e. The number of halogens is 1. The Kier molecular flexibility index (Phi) is 6.42. The van der Waals surface area contributed by atoms with E-state index in [0.29, 0.717) is 58.0 Å². The number of benzene rings is 3. The zero-order valence-electron chi connectivity index (χ0n) is 18.0. The maximum atomic E-state index is 13.3. The lowest BCUT2D eigenvalue weighted by molar-refractivity contribution is -0.113. The Morgan fingerprint density at radius 1 is 1.03 bits per heavy atom. The molecule has 2 heterocycles. The zero-order chi connectivity index (χ0) is 23.5. The quantitative estimate of drug-likeness (QED) is 0.312. The molecule has 1 amide bonds. The predicted octanol–water partition coefficient (Wildman–Crippen LogP) is 4.60. The lowest BCUT2D eigenvalue weighted by atomic mass is 10.2. The fraction of sp³-hybridized carbons (Fsp3) is 0.160. The van der Waals surface area contributed by atoms with Gasteiger partial charge in [-0.05, 0) is 35.9 Å². The van der Waals surface area contributed by atoms with Gasteiger partial charge < -0.3 is 14.8 Å². The predicted molar refractivity (Wildman–Crippen MR) is 133 cm³/mol. The first kappa shape index (κ1) is 22.3. The molecule has 0 aliphatic carbocycles. The number of thioether (sulfide) groups is 1. The van der Waals surface area contributed by atoms with Gasteiger partial charge >= 0.3 is 0 Å². The van der Waals surface area contributed by atoms with Gasteiger partial charge in [0.1, 0.15) is 13.2 Å². The van der Waals surface area contributed by atoms with Crippen LogP contribution in [-0.4, -0.2) is 34.4 Å². The molecular weight excluding hydrogens is 474 g/mol. The van der Waals surface area contributed by atoms with Crippen molar-refractivity contribution in [1.29, 1.82) is 0 Å². The van der Waals surface area contributed by atoms with Gasteiger partial charge in [-0.15, -0.1) is 0 Å². The van der Waals surface area contributed by atoms with E-state index in [-0.39, 0.29) is 17.2 Å². The molecule has 5 rings (SSSR count). The van der Waals surface area contributed by atoms with Crippen LogP contribution in [-0.2, 0) is 11.3 Å². The standard InChI is InChI=1S/C25H20ClN3O4S/c26-17-6-8-19-20(12-17)28-25(29(24(19)31)14-16-4-2-1-3-5-16)34-15-23(30)27-18-7-9-21-22(13-18)33-11-10-32-21/h1-9,12-13H,10-11,14-15H2,(H,27,30). The number of nitrogens with zero attached hydrogens (tertiary/aromatic N) is 2. The summed E-state index contributed by atoms with van der Waals surface area (Å²) in [7, 11) is 0. The molecule has 3 aromatic carbocycles. The Morgan fingerprint density at radius 3 is 2.65 bits per heavy atom. The number of hydrogen-bond acceptors (Lipinski definition) is 6. The third-order valence-electron chi connectivity index (χ3n) is 5.22. The van der Waals surface area contributed by atoms with Crippen molar-refractivity contribution in [1.82, 2.24) is 9.55 Å². The molecule has 7 nitrogen and oxygen atoms in total. The molecule has 1 aliphatic heterocycles. The van der Waals surface area contributed by atoms with E-state index in [1.165, 1.54) is 11.8 Å². The minimum atomic E-state index is -0.228. The molecule has 0 bridgehead atoms. The first-order valence-electron chi connectivity index (χ1n) is 10.6. The SMILES string of the molecule is O=C(CSc1nc2cc(Cl)ccc2c(=O)n1Cc1ccccc1)Nc1ccc2c(c1)OCCO2. The number of nitrogens with one attached hydrogen (secondary N) is 1. The van der Waals surface area contributed by atoms with Crippen LogP contribution in [0.5, 0.6) is 11.5 Å². The van der Waals surface area contributed by atoms with Crippen molar-refractivity contribution in [3.63, 3.8) is 0 Å². The summed E-state index contributed by atoms with van der Waals surface area (Å²) in [4.78, 5) is 30.6. The second-order valence-corrected chi connectivity index (χ2v) is 9.01. The normalized spacial score (nSPS) is 12.5. The monoisotopic (exact) mass is 493 g/mol. The number of aromatic nitrogens is 2. The van der Waals surface area contributed by atoms with Crippen LogP contribution >= 0.6 is 23.4 Å². The number of anilines is 1. The summed E-state index contributed by atoms with van der Waals surface area (Å²) in [5, 5.41) is 4.28. The molecule has 0 fully saturated rings. The van der Waals surface area contributed by atoms with Crippen molar-refractivity contribution in [2.45, 2.75) is 11.7 Å². The summed E-state index contributed by atoms with van der Waals surface area (Å²) in [6, 6.07) is 19.9. The third kappa shape index (κ3) is 4.88. The fourth-order valence-corrected chi connectivity index (χ4v) is 4.60. The van der Waals surface area contributed by atoms with Crippen molar-refractivity contribution >= 4 is 45.9 Å². The van der Waals surface area contributed by atoms with Crippen LogP contribution in [0.15, 0.2) is 76.7 Å². The van der Waals surface area contributed by atoms with Gasteiger partial charge in [0.05, 0.1) is 23.2 Å². The van der Waals surface area contributed by atoms with Gasteiger partial charge in [-0.2, -0.15) is 0 Å². The highest BCUT2D eigenvalue weighted by Crippen LogP contribution is 2.32. The summed E-state index contributed by atoms with van der Waals surface area (Å²) in [6.07, 6.45) is 0. The summed E-state index contributed by atoms with van der Waals surface area (Å²) in [6.45, 7) is 1.32. The summed E-state index contributed by atoms with van der Waals surface area (Å²) < 4.78 is 12.7. The van der Waals surface area contributed by atoms with Crippen molar-refractivity contribution in [2.24, 2.45) is 0 Å². The topological polar surface area (TPSA) is 82.5 Å². The molecule has 0 atom stereocenters. The van der Waals surface area contributed by atoms with E-state index in [1.807, 2.05) is 30.3 Å². The summed E-state index contributed by atoms with van der Waals surface area (Å²) in [5.74, 6) is 1.10. The van der Waals surface area contributed by atoms with Crippen molar-refractivity contribution in [2.75, 3.05) is 24.3 Å². The Morgan fingerprint density at radius 2 is 1.82 bits per heavy atom. The van der Waals surface area contributed by atoms with Crippen molar-refractivity contribution in [3.8, 4) is 11.5 Å². The molecule has 1 aromatic heterocycles. The molecule has 0 unspecified atom stereocenters. The fourth-order valence-electron chi connectivity index (χ4n) is 3.64. The van der Waals surface area contributed by atoms with Crippen LogP contribution in [0, 0.1) is 0 Å². The molecule has 0 spiro atoms. The van der Waals surface area contributed by atoms with Gasteiger partial charge in [-0.1, -0.05) is 53.7 Å². The average molecular weight is 494 g/mol. The Labute approximate surface area is 204 Å². The summed E-state index contributed by atoms with van der Waals surface area (Å²) in [5.41, 5.74) is 1.88. The van der Waals surface area contributed by atoms with E-state index in [4.69, 9.17) is 21.1 Å². The highest BCUT2D eigenvalue weighted by atomic mass is 35.5. The van der Waals surface area contributed by atoms with Gasteiger partial charge in [0.2, 0.25) is 5.91 Å².